The highest BCUT2D eigenvalue weighted by Gasteiger charge is 2.25. The van der Waals surface area contributed by atoms with Crippen molar-refractivity contribution >= 4 is 11.6 Å². The number of hydrogen-bond donors (Lipinski definition) is 1. The standard InChI is InChI=1S/C15H22ClN/c1-10-4-3-5-12(6-10)15(17)13-7-11(2)8-14(16)9-13/h7-10,12,15H,3-6,17H2,1-2H3. The molecule has 0 aromatic heterocycles. The Bertz CT molecular complexity index is 368. The number of benzene rings is 1. The average molecular weight is 252 g/mol. The van der Waals surface area contributed by atoms with Gasteiger partial charge in [0.15, 0.2) is 0 Å². The van der Waals surface area contributed by atoms with Crippen molar-refractivity contribution in [2.24, 2.45) is 17.6 Å². The highest BCUT2D eigenvalue weighted by atomic mass is 35.5. The van der Waals surface area contributed by atoms with E-state index >= 15 is 0 Å². The average Bonchev–Trinajstić information content (AvgIpc) is 2.26. The van der Waals surface area contributed by atoms with E-state index in [1.807, 2.05) is 12.1 Å². The van der Waals surface area contributed by atoms with Crippen molar-refractivity contribution in [2.45, 2.75) is 45.6 Å². The fourth-order valence-electron chi connectivity index (χ4n) is 3.04. The first-order valence-corrected chi connectivity index (χ1v) is 6.96. The first-order chi connectivity index (χ1) is 8.06. The topological polar surface area (TPSA) is 26.0 Å². The van der Waals surface area contributed by atoms with Gasteiger partial charge < -0.3 is 5.73 Å². The van der Waals surface area contributed by atoms with Gasteiger partial charge in [-0.15, -0.1) is 0 Å². The fraction of sp³-hybridized carbons (Fsp3) is 0.600. The van der Waals surface area contributed by atoms with Crippen molar-refractivity contribution in [3.63, 3.8) is 0 Å². The predicted molar refractivity (Wildman–Crippen MR) is 74.2 cm³/mol. The van der Waals surface area contributed by atoms with Crippen molar-refractivity contribution in [1.29, 1.82) is 0 Å². The van der Waals surface area contributed by atoms with Crippen LogP contribution in [0.3, 0.4) is 0 Å². The van der Waals surface area contributed by atoms with Crippen molar-refractivity contribution in [1.82, 2.24) is 0 Å². The van der Waals surface area contributed by atoms with Crippen molar-refractivity contribution in [3.8, 4) is 0 Å². The zero-order valence-electron chi connectivity index (χ0n) is 10.7. The number of halogens is 1. The largest absolute Gasteiger partial charge is 0.324 e. The third kappa shape index (κ3) is 3.23. The predicted octanol–water partition coefficient (Wildman–Crippen LogP) is 4.47. The molecule has 1 fully saturated rings. The molecule has 1 saturated carbocycles. The third-order valence-corrected chi connectivity index (χ3v) is 4.15. The molecule has 0 amide bonds. The Labute approximate surface area is 109 Å². The molecule has 3 unspecified atom stereocenters. The van der Waals surface area contributed by atoms with E-state index in [2.05, 4.69) is 19.9 Å². The SMILES string of the molecule is Cc1cc(Cl)cc(C(N)C2CCCC(C)C2)c1. The van der Waals surface area contributed by atoms with Crippen LogP contribution in [-0.2, 0) is 0 Å². The zero-order chi connectivity index (χ0) is 12.4. The van der Waals surface area contributed by atoms with Gasteiger partial charge in [0.25, 0.3) is 0 Å². The highest BCUT2D eigenvalue weighted by molar-refractivity contribution is 6.30. The summed E-state index contributed by atoms with van der Waals surface area (Å²) in [6, 6.07) is 6.34. The van der Waals surface area contributed by atoms with Gasteiger partial charge in [0, 0.05) is 11.1 Å². The van der Waals surface area contributed by atoms with Crippen molar-refractivity contribution in [2.75, 3.05) is 0 Å². The summed E-state index contributed by atoms with van der Waals surface area (Å²) in [5.74, 6) is 1.44. The van der Waals surface area contributed by atoms with E-state index in [9.17, 15) is 0 Å². The normalized spacial score (nSPS) is 26.8. The summed E-state index contributed by atoms with van der Waals surface area (Å²) in [5, 5.41) is 0.805. The van der Waals surface area contributed by atoms with Gasteiger partial charge >= 0.3 is 0 Å². The molecule has 1 aliphatic carbocycles. The Morgan fingerprint density at radius 3 is 2.71 bits per heavy atom. The van der Waals surface area contributed by atoms with E-state index in [-0.39, 0.29) is 6.04 Å². The molecule has 2 heteroatoms. The van der Waals surface area contributed by atoms with E-state index in [1.165, 1.54) is 36.8 Å². The van der Waals surface area contributed by atoms with Crippen LogP contribution in [0.5, 0.6) is 0 Å². The summed E-state index contributed by atoms with van der Waals surface area (Å²) < 4.78 is 0. The molecule has 2 rings (SSSR count). The molecule has 1 aromatic rings. The van der Waals surface area contributed by atoms with Gasteiger partial charge in [0.1, 0.15) is 0 Å². The minimum atomic E-state index is 0.148. The van der Waals surface area contributed by atoms with Crippen molar-refractivity contribution in [3.05, 3.63) is 34.3 Å². The van der Waals surface area contributed by atoms with Crippen LogP contribution in [0, 0.1) is 18.8 Å². The molecule has 0 aliphatic heterocycles. The van der Waals surface area contributed by atoms with Crippen LogP contribution in [0.1, 0.15) is 49.8 Å². The molecule has 0 radical (unpaired) electrons. The van der Waals surface area contributed by atoms with Crippen LogP contribution in [0.4, 0.5) is 0 Å². The maximum atomic E-state index is 6.41. The summed E-state index contributed by atoms with van der Waals surface area (Å²) in [7, 11) is 0. The first kappa shape index (κ1) is 12.9. The number of hydrogen-bond acceptors (Lipinski definition) is 1. The second kappa shape index (κ2) is 5.41. The summed E-state index contributed by atoms with van der Waals surface area (Å²) >= 11 is 6.11. The number of rotatable bonds is 2. The highest BCUT2D eigenvalue weighted by Crippen LogP contribution is 2.36. The van der Waals surface area contributed by atoms with Crippen LogP contribution >= 0.6 is 11.6 Å². The molecule has 0 heterocycles. The third-order valence-electron chi connectivity index (χ3n) is 3.93. The summed E-state index contributed by atoms with van der Waals surface area (Å²) in [6.45, 7) is 4.41. The molecule has 3 atom stereocenters. The molecular weight excluding hydrogens is 230 g/mol. The Kier molecular flexibility index (Phi) is 4.11. The lowest BCUT2D eigenvalue weighted by Crippen LogP contribution is -2.26. The quantitative estimate of drug-likeness (QED) is 0.824. The summed E-state index contributed by atoms with van der Waals surface area (Å²) in [6.07, 6.45) is 5.20. The lowest BCUT2D eigenvalue weighted by atomic mass is 9.77. The lowest BCUT2D eigenvalue weighted by molar-refractivity contribution is 0.248. The molecule has 17 heavy (non-hydrogen) atoms. The molecule has 1 aliphatic rings. The molecule has 0 bridgehead atoms. The van der Waals surface area contributed by atoms with Gasteiger partial charge in [-0.05, 0) is 54.9 Å². The smallest absolute Gasteiger partial charge is 0.0411 e. The maximum Gasteiger partial charge on any atom is 0.0411 e. The molecule has 0 saturated heterocycles. The van der Waals surface area contributed by atoms with E-state index in [0.717, 1.165) is 10.9 Å². The van der Waals surface area contributed by atoms with E-state index in [4.69, 9.17) is 17.3 Å². The summed E-state index contributed by atoms with van der Waals surface area (Å²) in [5.41, 5.74) is 8.81. The second-order valence-electron chi connectivity index (χ2n) is 5.62. The van der Waals surface area contributed by atoms with Gasteiger partial charge in [-0.1, -0.05) is 37.4 Å². The van der Waals surface area contributed by atoms with E-state index in [1.54, 1.807) is 0 Å². The molecular formula is C15H22ClN. The van der Waals surface area contributed by atoms with Crippen LogP contribution < -0.4 is 5.73 Å². The van der Waals surface area contributed by atoms with E-state index < -0.39 is 0 Å². The minimum Gasteiger partial charge on any atom is -0.324 e. The fourth-order valence-corrected chi connectivity index (χ4v) is 3.33. The number of nitrogens with two attached hydrogens (primary N) is 1. The number of aryl methyl sites for hydroxylation is 1. The van der Waals surface area contributed by atoms with Gasteiger partial charge in [-0.3, -0.25) is 0 Å². The van der Waals surface area contributed by atoms with E-state index in [0.29, 0.717) is 5.92 Å². The van der Waals surface area contributed by atoms with Gasteiger partial charge in [-0.2, -0.15) is 0 Å². The van der Waals surface area contributed by atoms with Gasteiger partial charge in [0.2, 0.25) is 0 Å². The van der Waals surface area contributed by atoms with Crippen LogP contribution in [0.2, 0.25) is 5.02 Å². The van der Waals surface area contributed by atoms with Gasteiger partial charge in [0.05, 0.1) is 0 Å². The minimum absolute atomic E-state index is 0.148. The Morgan fingerprint density at radius 1 is 1.29 bits per heavy atom. The molecule has 1 nitrogen and oxygen atoms in total. The van der Waals surface area contributed by atoms with Crippen LogP contribution in [0.25, 0.3) is 0 Å². The Balaban J connectivity index is 2.15. The molecule has 2 N–H and O–H groups in total. The van der Waals surface area contributed by atoms with Crippen molar-refractivity contribution < 1.29 is 0 Å². The zero-order valence-corrected chi connectivity index (χ0v) is 11.5. The molecule has 94 valence electrons. The lowest BCUT2D eigenvalue weighted by Gasteiger charge is -2.31. The van der Waals surface area contributed by atoms with Crippen LogP contribution in [-0.4, -0.2) is 0 Å². The second-order valence-corrected chi connectivity index (χ2v) is 6.06. The van der Waals surface area contributed by atoms with Gasteiger partial charge in [-0.25, -0.2) is 0 Å². The Morgan fingerprint density at radius 2 is 2.06 bits per heavy atom. The molecule has 0 spiro atoms. The van der Waals surface area contributed by atoms with Crippen LogP contribution in [0.15, 0.2) is 18.2 Å². The molecule has 1 aromatic carbocycles. The maximum absolute atomic E-state index is 6.41. The Hall–Kier alpha value is -0.530. The summed E-state index contributed by atoms with van der Waals surface area (Å²) in [4.78, 5) is 0. The first-order valence-electron chi connectivity index (χ1n) is 6.59. The monoisotopic (exact) mass is 251 g/mol.